The van der Waals surface area contributed by atoms with Crippen molar-refractivity contribution in [3.8, 4) is 46.0 Å². The van der Waals surface area contributed by atoms with Crippen molar-refractivity contribution in [2.24, 2.45) is 23.7 Å². The molecule has 0 saturated heterocycles. The smallest absolute Gasteiger partial charge is 0.266 e. The van der Waals surface area contributed by atoms with Gasteiger partial charge < -0.3 is 18.9 Å². The fraction of sp³-hybridized carbons (Fsp3) is 0.348. The Morgan fingerprint density at radius 2 is 0.471 bits per heavy atom. The molecule has 13 rings (SSSR count). The van der Waals surface area contributed by atoms with Crippen molar-refractivity contribution in [1.82, 2.24) is 0 Å². The van der Waals surface area contributed by atoms with Gasteiger partial charge in [0.2, 0.25) is 0 Å². The fourth-order valence-electron chi connectivity index (χ4n) is 15.1. The van der Waals surface area contributed by atoms with Crippen molar-refractivity contribution in [2.45, 2.75) is 186 Å². The topological polar surface area (TPSA) is 112 Å². The number of benzene rings is 11. The molecule has 524 valence electrons. The second kappa shape index (κ2) is 26.2. The number of para-hydroxylation sites is 2. The maximum Gasteiger partial charge on any atom is 0.266 e. The molecule has 0 radical (unpaired) electrons. The lowest BCUT2D eigenvalue weighted by atomic mass is 9.80. The number of carbonyl (C=O) groups is 4. The molecule has 10 nitrogen and oxygen atoms in total. The molecular weight excluding hydrogens is 1260 g/mol. The van der Waals surface area contributed by atoms with Gasteiger partial charge >= 0.3 is 0 Å². The molecule has 4 amide bonds. The Bertz CT molecular complexity index is 4510. The number of carbonyl (C=O) groups excluding carboxylic acids is 4. The quantitative estimate of drug-likeness (QED) is 0.0474. The number of imide groups is 2. The second-order valence-corrected chi connectivity index (χ2v) is 34.3. The van der Waals surface area contributed by atoms with Crippen LogP contribution >= 0.6 is 0 Å². The van der Waals surface area contributed by atoms with Crippen molar-refractivity contribution in [3.63, 3.8) is 0 Å². The number of hydrogen-bond donors (Lipinski definition) is 0. The molecule has 0 N–H and O–H groups in total. The van der Waals surface area contributed by atoms with Gasteiger partial charge in [-0.2, -0.15) is 0 Å². The minimum absolute atomic E-state index is 0.183. The normalized spacial score (nSPS) is 13.8. The van der Waals surface area contributed by atoms with E-state index in [-0.39, 0.29) is 90.6 Å². The van der Waals surface area contributed by atoms with Crippen molar-refractivity contribution in [2.75, 3.05) is 9.80 Å². The van der Waals surface area contributed by atoms with Gasteiger partial charge in [0.25, 0.3) is 23.6 Å². The van der Waals surface area contributed by atoms with E-state index >= 15 is 19.2 Å². The molecule has 0 saturated carbocycles. The zero-order chi connectivity index (χ0) is 73.1. The molecule has 0 spiro atoms. The first kappa shape index (κ1) is 70.6. The van der Waals surface area contributed by atoms with E-state index in [2.05, 4.69) is 187 Å². The van der Waals surface area contributed by atoms with Gasteiger partial charge in [-0.05, 0) is 188 Å². The molecule has 102 heavy (non-hydrogen) atoms. The predicted molar refractivity (Wildman–Crippen MR) is 418 cm³/mol. The molecule has 11 aromatic rings. The van der Waals surface area contributed by atoms with Crippen molar-refractivity contribution >= 4 is 78.1 Å². The molecule has 2 aliphatic heterocycles. The van der Waals surface area contributed by atoms with Gasteiger partial charge in [0.15, 0.2) is 0 Å². The first-order chi connectivity index (χ1) is 48.0. The number of fused-ring (bicyclic) bond motifs is 2. The molecule has 0 aromatic heterocycles. The van der Waals surface area contributed by atoms with Gasteiger partial charge in [0.05, 0.1) is 33.6 Å². The van der Waals surface area contributed by atoms with E-state index in [1.165, 1.54) is 9.80 Å². The van der Waals surface area contributed by atoms with E-state index in [9.17, 15) is 0 Å². The summed E-state index contributed by atoms with van der Waals surface area (Å²) >= 11 is 0. The first-order valence-corrected chi connectivity index (χ1v) is 36.5. The number of anilines is 2. The molecule has 11 aromatic carbocycles. The summed E-state index contributed by atoms with van der Waals surface area (Å²) in [6, 6.07) is 51.4. The monoisotopic (exact) mass is 1360 g/mol. The predicted octanol–water partition coefficient (Wildman–Crippen LogP) is 24.5. The maximum atomic E-state index is 16.7. The maximum absolute atomic E-state index is 16.7. The van der Waals surface area contributed by atoms with E-state index in [1.54, 1.807) is 24.3 Å². The summed E-state index contributed by atoms with van der Waals surface area (Å²) in [4.78, 5) is 69.7. The van der Waals surface area contributed by atoms with Crippen molar-refractivity contribution < 1.29 is 38.1 Å². The number of nitrogens with zero attached hydrogens (tertiary/aromatic N) is 2. The van der Waals surface area contributed by atoms with E-state index in [4.69, 9.17) is 18.9 Å². The highest BCUT2D eigenvalue weighted by molar-refractivity contribution is 6.48. The molecule has 2 heterocycles. The highest BCUT2D eigenvalue weighted by Gasteiger charge is 2.44. The Morgan fingerprint density at radius 3 is 0.647 bits per heavy atom. The summed E-state index contributed by atoms with van der Waals surface area (Å²) in [6.45, 7) is 43.2. The van der Waals surface area contributed by atoms with E-state index in [1.807, 2.05) is 84.9 Å². The minimum atomic E-state index is -0.515. The highest BCUT2D eigenvalue weighted by Crippen LogP contribution is 2.59. The van der Waals surface area contributed by atoms with Gasteiger partial charge in [-0.1, -0.05) is 223 Å². The molecule has 0 unspecified atom stereocenters. The minimum Gasteiger partial charge on any atom is -0.457 e. The van der Waals surface area contributed by atoms with Gasteiger partial charge in [-0.3, -0.25) is 19.2 Å². The Morgan fingerprint density at radius 1 is 0.275 bits per heavy atom. The van der Waals surface area contributed by atoms with Crippen LogP contribution in [0.25, 0.3) is 43.1 Å². The van der Waals surface area contributed by atoms with Crippen LogP contribution in [-0.4, -0.2) is 23.6 Å². The third-order valence-corrected chi connectivity index (χ3v) is 20.1. The average Bonchev–Trinajstić information content (AvgIpc) is 0.671. The molecular formula is C92H98N2O8. The summed E-state index contributed by atoms with van der Waals surface area (Å²) < 4.78 is 30.0. The molecule has 0 atom stereocenters. The Balaban J connectivity index is 1.25. The molecule has 0 aliphatic carbocycles. The van der Waals surface area contributed by atoms with Gasteiger partial charge in [0.1, 0.15) is 46.0 Å². The van der Waals surface area contributed by atoms with E-state index in [0.29, 0.717) is 103 Å². The second-order valence-electron chi connectivity index (χ2n) is 34.3. The Hall–Kier alpha value is -9.80. The third-order valence-electron chi connectivity index (χ3n) is 20.1. The van der Waals surface area contributed by atoms with Gasteiger partial charge in [0, 0.05) is 43.1 Å². The summed E-state index contributed by atoms with van der Waals surface area (Å²) in [7, 11) is 0. The molecule has 0 bridgehead atoms. The summed E-state index contributed by atoms with van der Waals surface area (Å²) in [5, 5.41) is 3.48. The fourth-order valence-corrected chi connectivity index (χ4v) is 15.1. The number of amides is 4. The van der Waals surface area contributed by atoms with Crippen LogP contribution in [0, 0.1) is 23.7 Å². The van der Waals surface area contributed by atoms with Crippen LogP contribution in [0.3, 0.4) is 0 Å². The van der Waals surface area contributed by atoms with Crippen LogP contribution in [0.1, 0.15) is 224 Å². The SMILES string of the molecule is CC(C)Cc1cccc(CC(C)C)c1N1C(=O)c2cc(Oc3ccc(C(C)(C)C)cc3)c3c4c(Oc5ccc(C(C)(C)C)cc5)cc5c6c(cc(Oc7ccc(C(C)(C)C)cc7)c(c7c(Oc8ccc(C(C)(C)C)cc8)cc(c2c37)C1=O)c64)C(=O)N(c1c(CC(C)C)cccc1CC(C)C)C5=O. The van der Waals surface area contributed by atoms with E-state index in [0.717, 1.165) is 44.5 Å². The molecule has 0 fully saturated rings. The van der Waals surface area contributed by atoms with Gasteiger partial charge in [-0.15, -0.1) is 0 Å². The van der Waals surface area contributed by atoms with Crippen molar-refractivity contribution in [3.05, 3.63) is 224 Å². The summed E-state index contributed by atoms with van der Waals surface area (Å²) in [5.41, 5.74) is 9.18. The van der Waals surface area contributed by atoms with E-state index < -0.39 is 23.6 Å². The standard InChI is InChI=1S/C92H98N2O8/c1-51(2)43-55-23-21-24-56(44-52(3)4)83(55)93-85(95)67-47-71(99-63-35-27-59(28-36-63)89(9,10)11)77-79-73(101-65-39-31-61(32-40-65)91(15,16)17)49-69-76-70(88(98)94(87(69)97)84-57(45-53(5)6)25-22-26-58(84)46-54(7)8)50-74(102-66-41-33-62(34-42-66)92(18,19)20)80(82(76)79)78-72(48-68(86(93)96)75(67)81(77)78)100-64-37-29-60(30-38-64)90(12,13)14/h21-42,47-54H,43-46H2,1-20H3. The summed E-state index contributed by atoms with van der Waals surface area (Å²) in [5.74, 6) is 1.62. The number of rotatable bonds is 18. The largest absolute Gasteiger partial charge is 0.457 e. The Labute approximate surface area is 602 Å². The molecule has 10 heteroatoms. The lowest BCUT2D eigenvalue weighted by molar-refractivity contribution is 0.0877. The van der Waals surface area contributed by atoms with Crippen LogP contribution in [0.5, 0.6) is 46.0 Å². The first-order valence-electron chi connectivity index (χ1n) is 36.5. The number of ether oxygens (including phenoxy) is 4. The average molecular weight is 1360 g/mol. The Kier molecular flexibility index (Phi) is 18.2. The van der Waals surface area contributed by atoms with Crippen LogP contribution in [0.4, 0.5) is 11.4 Å². The van der Waals surface area contributed by atoms with Crippen LogP contribution < -0.4 is 28.7 Å². The lowest BCUT2D eigenvalue weighted by Crippen LogP contribution is -2.42. The number of hydrogen-bond acceptors (Lipinski definition) is 8. The van der Waals surface area contributed by atoms with Gasteiger partial charge in [-0.25, -0.2) is 9.80 Å². The highest BCUT2D eigenvalue weighted by atomic mass is 16.5. The van der Waals surface area contributed by atoms with Crippen LogP contribution in [0.15, 0.2) is 158 Å². The summed E-state index contributed by atoms with van der Waals surface area (Å²) in [6.07, 6.45) is 2.43. The van der Waals surface area contributed by atoms with Crippen LogP contribution in [0.2, 0.25) is 0 Å². The third kappa shape index (κ3) is 13.1. The van der Waals surface area contributed by atoms with Crippen molar-refractivity contribution in [1.29, 1.82) is 0 Å². The molecule has 2 aliphatic rings. The zero-order valence-electron chi connectivity index (χ0n) is 63.3. The lowest BCUT2D eigenvalue weighted by Gasteiger charge is -2.34. The van der Waals surface area contributed by atoms with Crippen LogP contribution in [-0.2, 0) is 47.3 Å². The zero-order valence-corrected chi connectivity index (χ0v) is 63.3.